The molecule has 0 amide bonds. The smallest absolute Gasteiger partial charge is 0.327 e. The Bertz CT molecular complexity index is 443. The summed E-state index contributed by atoms with van der Waals surface area (Å²) >= 11 is -1.31. The van der Waals surface area contributed by atoms with Gasteiger partial charge in [0.1, 0.15) is 10.8 Å². The van der Waals surface area contributed by atoms with Gasteiger partial charge in [-0.1, -0.05) is 30.3 Å². The van der Waals surface area contributed by atoms with E-state index >= 15 is 0 Å². The molecular weight excluding hydrogens is 250 g/mol. The lowest BCUT2D eigenvalue weighted by Crippen LogP contribution is -2.35. The summed E-state index contributed by atoms with van der Waals surface area (Å²) < 4.78 is 13.4. The number of carboxylic acids is 1. The number of hydrogen-bond donors (Lipinski definition) is 1. The van der Waals surface area contributed by atoms with E-state index in [4.69, 9.17) is 0 Å². The van der Waals surface area contributed by atoms with Crippen molar-refractivity contribution in [3.63, 3.8) is 0 Å². The second-order valence-electron chi connectivity index (χ2n) is 5.36. The second-order valence-corrected chi connectivity index (χ2v) is 7.50. The number of rotatable bonds is 3. The first kappa shape index (κ1) is 13.4. The zero-order chi connectivity index (χ0) is 13.5. The van der Waals surface area contributed by atoms with Gasteiger partial charge >= 0.3 is 5.97 Å². The molecule has 0 radical (unpaired) electrons. The molecule has 1 heterocycles. The maximum absolute atomic E-state index is 12.3. The van der Waals surface area contributed by atoms with Gasteiger partial charge in [-0.25, -0.2) is 0 Å². The van der Waals surface area contributed by atoms with E-state index in [1.807, 2.05) is 51.1 Å². The Morgan fingerprint density at radius 3 is 2.33 bits per heavy atom. The maximum atomic E-state index is 12.3. The second kappa shape index (κ2) is 4.57. The largest absolute Gasteiger partial charge is 0.597 e. The average Bonchev–Trinajstić information content (AvgIpc) is 3.03. The van der Waals surface area contributed by atoms with Crippen LogP contribution in [-0.4, -0.2) is 30.7 Å². The van der Waals surface area contributed by atoms with E-state index in [-0.39, 0.29) is 6.04 Å². The van der Waals surface area contributed by atoms with Crippen molar-refractivity contribution in [3.8, 4) is 0 Å². The van der Waals surface area contributed by atoms with E-state index in [9.17, 15) is 14.5 Å². The number of nitrogens with zero attached hydrogens (tertiary/aromatic N) is 1. The zero-order valence-corrected chi connectivity index (χ0v) is 11.5. The van der Waals surface area contributed by atoms with Gasteiger partial charge < -0.3 is 9.66 Å². The summed E-state index contributed by atoms with van der Waals surface area (Å²) in [6.07, 6.45) is 0. The molecule has 1 aliphatic rings. The summed E-state index contributed by atoms with van der Waals surface area (Å²) in [6, 6.07) is 8.42. The summed E-state index contributed by atoms with van der Waals surface area (Å²) in [6.45, 7) is 5.55. The van der Waals surface area contributed by atoms with Crippen molar-refractivity contribution < 1.29 is 14.5 Å². The van der Waals surface area contributed by atoms with Crippen LogP contribution >= 0.6 is 0 Å². The summed E-state index contributed by atoms with van der Waals surface area (Å²) in [4.78, 5) is 11.2. The van der Waals surface area contributed by atoms with E-state index < -0.39 is 28.1 Å². The van der Waals surface area contributed by atoms with Crippen LogP contribution in [0.15, 0.2) is 30.3 Å². The third-order valence-corrected chi connectivity index (χ3v) is 4.75. The van der Waals surface area contributed by atoms with E-state index in [1.54, 1.807) is 4.31 Å². The number of aliphatic carboxylic acids is 1. The quantitative estimate of drug-likeness (QED) is 0.671. The zero-order valence-electron chi connectivity index (χ0n) is 10.7. The molecule has 0 bridgehead atoms. The molecule has 2 unspecified atom stereocenters. The molecule has 4 nitrogen and oxygen atoms in total. The van der Waals surface area contributed by atoms with E-state index in [2.05, 4.69) is 0 Å². The number of carbonyl (C=O) groups is 1. The molecule has 4 atom stereocenters. The van der Waals surface area contributed by atoms with Crippen LogP contribution in [0.5, 0.6) is 0 Å². The first-order valence-electron chi connectivity index (χ1n) is 5.82. The molecule has 1 aliphatic heterocycles. The van der Waals surface area contributed by atoms with Crippen molar-refractivity contribution in [2.75, 3.05) is 0 Å². The van der Waals surface area contributed by atoms with Crippen LogP contribution in [0.25, 0.3) is 0 Å². The SMILES string of the molecule is CC(C)(C)[S+]([O-])N1[C@H](C(=O)O)[C@@H]1c1ccccc1. The first-order chi connectivity index (χ1) is 8.34. The van der Waals surface area contributed by atoms with Gasteiger partial charge in [-0.05, 0) is 26.3 Å². The maximum Gasteiger partial charge on any atom is 0.327 e. The van der Waals surface area contributed by atoms with Gasteiger partial charge in [-0.15, -0.1) is 4.31 Å². The normalized spacial score (nSPS) is 28.8. The van der Waals surface area contributed by atoms with Crippen molar-refractivity contribution in [1.82, 2.24) is 4.31 Å². The first-order valence-corrected chi connectivity index (χ1v) is 6.93. The monoisotopic (exact) mass is 267 g/mol. The highest BCUT2D eigenvalue weighted by atomic mass is 32.2. The van der Waals surface area contributed by atoms with Gasteiger partial charge in [0.2, 0.25) is 0 Å². The van der Waals surface area contributed by atoms with Crippen molar-refractivity contribution in [2.45, 2.75) is 37.6 Å². The van der Waals surface area contributed by atoms with E-state index in [0.29, 0.717) is 0 Å². The highest BCUT2D eigenvalue weighted by Gasteiger charge is 2.63. The fraction of sp³-hybridized carbons (Fsp3) is 0.462. The van der Waals surface area contributed by atoms with Crippen molar-refractivity contribution in [3.05, 3.63) is 35.9 Å². The molecule has 0 aromatic heterocycles. The van der Waals surface area contributed by atoms with Crippen LogP contribution in [0.3, 0.4) is 0 Å². The van der Waals surface area contributed by atoms with Gasteiger partial charge in [0, 0.05) is 11.4 Å². The number of benzene rings is 1. The van der Waals surface area contributed by atoms with Gasteiger partial charge in [-0.2, -0.15) is 0 Å². The molecule has 1 fully saturated rings. The van der Waals surface area contributed by atoms with Gasteiger partial charge in [0.15, 0.2) is 6.04 Å². The number of hydrogen-bond acceptors (Lipinski definition) is 3. The lowest BCUT2D eigenvalue weighted by atomic mass is 10.1. The van der Waals surface area contributed by atoms with Crippen molar-refractivity contribution in [1.29, 1.82) is 0 Å². The fourth-order valence-corrected chi connectivity index (χ4v) is 3.39. The molecule has 1 aromatic rings. The van der Waals surface area contributed by atoms with Crippen molar-refractivity contribution >= 4 is 17.3 Å². The number of carboxylic acid groups (broad SMARTS) is 1. The van der Waals surface area contributed by atoms with Crippen LogP contribution in [0, 0.1) is 0 Å². The minimum atomic E-state index is -1.31. The molecule has 0 spiro atoms. The molecule has 18 heavy (non-hydrogen) atoms. The molecule has 5 heteroatoms. The molecule has 2 rings (SSSR count). The minimum absolute atomic E-state index is 0.274. The average molecular weight is 267 g/mol. The van der Waals surface area contributed by atoms with E-state index in [0.717, 1.165) is 5.56 Å². The Morgan fingerprint density at radius 1 is 1.33 bits per heavy atom. The minimum Gasteiger partial charge on any atom is -0.597 e. The molecule has 1 aromatic carbocycles. The van der Waals surface area contributed by atoms with Crippen LogP contribution < -0.4 is 0 Å². The lowest BCUT2D eigenvalue weighted by Gasteiger charge is -2.24. The van der Waals surface area contributed by atoms with Crippen molar-refractivity contribution in [2.24, 2.45) is 0 Å². The summed E-state index contributed by atoms with van der Waals surface area (Å²) in [5, 5.41) is 9.19. The van der Waals surface area contributed by atoms with Crippen LogP contribution in [0.2, 0.25) is 0 Å². The lowest BCUT2D eigenvalue weighted by molar-refractivity contribution is -0.137. The molecule has 98 valence electrons. The summed E-state index contributed by atoms with van der Waals surface area (Å²) in [5.41, 5.74) is 0.905. The summed E-state index contributed by atoms with van der Waals surface area (Å²) in [5.74, 6) is -0.915. The Hall–Kier alpha value is -1.04. The van der Waals surface area contributed by atoms with Crippen LogP contribution in [0.4, 0.5) is 0 Å². The highest BCUT2D eigenvalue weighted by Crippen LogP contribution is 2.48. The van der Waals surface area contributed by atoms with E-state index in [1.165, 1.54) is 0 Å². The highest BCUT2D eigenvalue weighted by molar-refractivity contribution is 7.90. The Balaban J connectivity index is 2.24. The molecule has 0 aliphatic carbocycles. The Labute approximate surface area is 110 Å². The van der Waals surface area contributed by atoms with Crippen LogP contribution in [0.1, 0.15) is 32.4 Å². The van der Waals surface area contributed by atoms with Gasteiger partial charge in [0.05, 0.1) is 0 Å². The topological polar surface area (TPSA) is 63.4 Å². The van der Waals surface area contributed by atoms with Gasteiger partial charge in [-0.3, -0.25) is 4.79 Å². The predicted octanol–water partition coefficient (Wildman–Crippen LogP) is 1.96. The predicted molar refractivity (Wildman–Crippen MR) is 70.3 cm³/mol. The molecule has 1 saturated heterocycles. The standard InChI is InChI=1S/C13H17NO3S/c1-13(2,3)18(17)14-10(11(14)12(15)16)9-7-5-4-6-8-9/h4-8,10-11H,1-3H3,(H,15,16)/t10-,11-,14?,18?/m0/s1. The van der Waals surface area contributed by atoms with Crippen LogP contribution in [-0.2, 0) is 16.2 Å². The Morgan fingerprint density at radius 2 is 1.89 bits per heavy atom. The fourth-order valence-electron chi connectivity index (χ4n) is 1.96. The summed E-state index contributed by atoms with van der Waals surface area (Å²) in [7, 11) is 0. The third-order valence-electron chi connectivity index (χ3n) is 2.87. The molecular formula is C13H17NO3S. The molecule has 0 saturated carbocycles. The third kappa shape index (κ3) is 2.39. The molecule has 1 N–H and O–H groups in total. The Kier molecular flexibility index (Phi) is 3.40. The van der Waals surface area contributed by atoms with Gasteiger partial charge in [0.25, 0.3) is 0 Å².